The van der Waals surface area contributed by atoms with Gasteiger partial charge in [-0.1, -0.05) is 30.3 Å². The molecule has 0 fully saturated rings. The lowest BCUT2D eigenvalue weighted by Gasteiger charge is -2.24. The van der Waals surface area contributed by atoms with Crippen molar-refractivity contribution in [2.24, 2.45) is 0 Å². The van der Waals surface area contributed by atoms with Crippen LogP contribution in [0.15, 0.2) is 54.6 Å². The van der Waals surface area contributed by atoms with E-state index < -0.39 is 11.4 Å². The summed E-state index contributed by atoms with van der Waals surface area (Å²) in [5.41, 5.74) is 4.86. The summed E-state index contributed by atoms with van der Waals surface area (Å²) in [5, 5.41) is 12.4. The summed E-state index contributed by atoms with van der Waals surface area (Å²) in [6.07, 6.45) is 1.24. The number of amides is 1. The molecule has 6 heteroatoms. The summed E-state index contributed by atoms with van der Waals surface area (Å²) in [6.45, 7) is 0.812. The van der Waals surface area contributed by atoms with Gasteiger partial charge in [0.2, 0.25) is 5.91 Å². The predicted octanol–water partition coefficient (Wildman–Crippen LogP) is 3.54. The maximum atomic E-state index is 13.4. The molecule has 0 radical (unpaired) electrons. The predicted molar refractivity (Wildman–Crippen MR) is 113 cm³/mol. The topological polar surface area (TPSA) is 84.9 Å². The Balaban J connectivity index is 1.58. The highest BCUT2D eigenvalue weighted by molar-refractivity contribution is 6.10. The number of benzene rings is 3. The molecule has 154 valence electrons. The maximum Gasteiger partial charge on any atom is 0.335 e. The lowest BCUT2D eigenvalue weighted by molar-refractivity contribution is -0.119. The second kappa shape index (κ2) is 6.35. The second-order valence-electron chi connectivity index (χ2n) is 8.18. The van der Waals surface area contributed by atoms with E-state index in [0.29, 0.717) is 18.8 Å². The first kappa shape index (κ1) is 18.0. The van der Waals surface area contributed by atoms with E-state index in [1.54, 1.807) is 18.2 Å². The Hall–Kier alpha value is -3.80. The van der Waals surface area contributed by atoms with Gasteiger partial charge < -0.3 is 19.9 Å². The molecule has 3 heterocycles. The van der Waals surface area contributed by atoms with Gasteiger partial charge in [-0.3, -0.25) is 4.79 Å². The zero-order chi connectivity index (χ0) is 21.2. The Morgan fingerprint density at radius 2 is 1.94 bits per heavy atom. The van der Waals surface area contributed by atoms with Crippen LogP contribution >= 0.6 is 0 Å². The highest BCUT2D eigenvalue weighted by Gasteiger charge is 2.55. The molecule has 1 amide bonds. The van der Waals surface area contributed by atoms with E-state index in [9.17, 15) is 14.7 Å². The minimum Gasteiger partial charge on any atom is -0.493 e. The fourth-order valence-electron chi connectivity index (χ4n) is 5.15. The van der Waals surface area contributed by atoms with E-state index >= 15 is 0 Å². The first-order valence-corrected chi connectivity index (χ1v) is 10.3. The zero-order valence-electron chi connectivity index (χ0n) is 16.6. The molecule has 0 saturated carbocycles. The molecule has 0 aliphatic carbocycles. The number of carbonyl (C=O) groups is 2. The van der Waals surface area contributed by atoms with Crippen LogP contribution in [0.25, 0.3) is 0 Å². The summed E-state index contributed by atoms with van der Waals surface area (Å²) in [5.74, 6) is 0.397. The minimum atomic E-state index is -0.961. The van der Waals surface area contributed by atoms with Gasteiger partial charge in [0.15, 0.2) is 0 Å². The summed E-state index contributed by atoms with van der Waals surface area (Å²) >= 11 is 0. The van der Waals surface area contributed by atoms with Crippen LogP contribution in [0.1, 0.15) is 38.2 Å². The molecule has 0 aromatic heterocycles. The summed E-state index contributed by atoms with van der Waals surface area (Å²) in [6, 6.07) is 16.6. The highest BCUT2D eigenvalue weighted by Crippen LogP contribution is 2.54. The van der Waals surface area contributed by atoms with Gasteiger partial charge in [-0.25, -0.2) is 4.79 Å². The molecule has 3 aromatic carbocycles. The van der Waals surface area contributed by atoms with Gasteiger partial charge in [0.1, 0.15) is 23.5 Å². The number of fused-ring (bicyclic) bond motifs is 5. The Bertz CT molecular complexity index is 1280. The first-order valence-electron chi connectivity index (χ1n) is 10.3. The van der Waals surface area contributed by atoms with Crippen molar-refractivity contribution in [3.8, 4) is 11.5 Å². The minimum absolute atomic E-state index is 0.0909. The summed E-state index contributed by atoms with van der Waals surface area (Å²) in [4.78, 5) is 24.8. The number of anilines is 1. The summed E-state index contributed by atoms with van der Waals surface area (Å²) in [7, 11) is 0. The van der Waals surface area contributed by atoms with Crippen molar-refractivity contribution in [1.82, 2.24) is 0 Å². The SMILES string of the molecule is O=C(O)c1cccc(Cc2c3c(cc4c2C2(CO4)C(=O)Nc4ccccc42)OCC3)c1. The lowest BCUT2D eigenvalue weighted by atomic mass is 9.73. The normalized spacial score (nSPS) is 19.9. The molecule has 2 N–H and O–H groups in total. The van der Waals surface area contributed by atoms with Gasteiger partial charge in [0, 0.05) is 29.3 Å². The number of hydrogen-bond acceptors (Lipinski definition) is 4. The molecule has 1 spiro atoms. The molecule has 6 rings (SSSR count). The second-order valence-corrected chi connectivity index (χ2v) is 8.18. The zero-order valence-corrected chi connectivity index (χ0v) is 16.6. The number of carboxylic acids is 1. The number of rotatable bonds is 3. The summed E-state index contributed by atoms with van der Waals surface area (Å²) < 4.78 is 11.9. The largest absolute Gasteiger partial charge is 0.493 e. The van der Waals surface area contributed by atoms with Crippen LogP contribution in [0.2, 0.25) is 0 Å². The molecule has 31 heavy (non-hydrogen) atoms. The third kappa shape index (κ3) is 2.45. The molecular formula is C25H19NO5. The first-order chi connectivity index (χ1) is 15.1. The van der Waals surface area contributed by atoms with Crippen LogP contribution in [0.3, 0.4) is 0 Å². The van der Waals surface area contributed by atoms with Crippen LogP contribution < -0.4 is 14.8 Å². The molecule has 0 bridgehead atoms. The van der Waals surface area contributed by atoms with Crippen LogP contribution in [-0.2, 0) is 23.1 Å². The van der Waals surface area contributed by atoms with Crippen molar-refractivity contribution >= 4 is 17.6 Å². The van der Waals surface area contributed by atoms with Gasteiger partial charge in [-0.2, -0.15) is 0 Å². The molecule has 0 saturated heterocycles. The van der Waals surface area contributed by atoms with E-state index in [0.717, 1.165) is 45.7 Å². The van der Waals surface area contributed by atoms with Gasteiger partial charge in [0.05, 0.1) is 12.2 Å². The monoisotopic (exact) mass is 413 g/mol. The van der Waals surface area contributed by atoms with Gasteiger partial charge in [-0.15, -0.1) is 0 Å². The number of aromatic carboxylic acids is 1. The number of para-hydroxylation sites is 1. The van der Waals surface area contributed by atoms with Crippen molar-refractivity contribution in [1.29, 1.82) is 0 Å². The standard InChI is InChI=1S/C25H19NO5/c27-23(28)15-5-3-4-14(10-15)11-17-16-8-9-30-20(16)12-21-22(17)25(13-31-21)18-6-1-2-7-19(18)26-24(25)29/h1-7,10,12H,8-9,11,13H2,(H,26,29)(H,27,28). The number of hydrogen-bond donors (Lipinski definition) is 2. The lowest BCUT2D eigenvalue weighted by Crippen LogP contribution is -2.38. The molecule has 3 aliphatic heterocycles. The third-order valence-corrected chi connectivity index (χ3v) is 6.53. The third-order valence-electron chi connectivity index (χ3n) is 6.53. The average Bonchev–Trinajstić information content (AvgIpc) is 3.46. The van der Waals surface area contributed by atoms with Crippen LogP contribution in [0.5, 0.6) is 11.5 Å². The molecule has 6 nitrogen and oxygen atoms in total. The van der Waals surface area contributed by atoms with Crippen molar-refractivity contribution in [3.63, 3.8) is 0 Å². The van der Waals surface area contributed by atoms with E-state index in [2.05, 4.69) is 5.32 Å². The Morgan fingerprint density at radius 3 is 2.81 bits per heavy atom. The molecule has 1 atom stereocenters. The van der Waals surface area contributed by atoms with E-state index in [1.165, 1.54) is 0 Å². The van der Waals surface area contributed by atoms with E-state index in [4.69, 9.17) is 9.47 Å². The number of carboxylic acid groups (broad SMARTS) is 1. The highest BCUT2D eigenvalue weighted by atomic mass is 16.5. The number of carbonyl (C=O) groups excluding carboxylic acids is 1. The molecule has 1 unspecified atom stereocenters. The molecule has 3 aromatic rings. The quantitative estimate of drug-likeness (QED) is 0.686. The van der Waals surface area contributed by atoms with Crippen LogP contribution in [0, 0.1) is 0 Å². The Labute approximate surface area is 178 Å². The smallest absolute Gasteiger partial charge is 0.335 e. The number of ether oxygens (including phenoxy) is 2. The van der Waals surface area contributed by atoms with Crippen molar-refractivity contribution in [2.45, 2.75) is 18.3 Å². The molecule has 3 aliphatic rings. The van der Waals surface area contributed by atoms with E-state index in [1.807, 2.05) is 36.4 Å². The van der Waals surface area contributed by atoms with Crippen LogP contribution in [0.4, 0.5) is 5.69 Å². The van der Waals surface area contributed by atoms with Crippen molar-refractivity contribution < 1.29 is 24.2 Å². The fraction of sp³-hybridized carbons (Fsp3) is 0.200. The van der Waals surface area contributed by atoms with Crippen molar-refractivity contribution in [3.05, 3.63) is 88.0 Å². The van der Waals surface area contributed by atoms with Gasteiger partial charge in [-0.05, 0) is 41.3 Å². The van der Waals surface area contributed by atoms with Crippen molar-refractivity contribution in [2.75, 3.05) is 18.5 Å². The number of nitrogens with one attached hydrogen (secondary N) is 1. The average molecular weight is 413 g/mol. The van der Waals surface area contributed by atoms with Gasteiger partial charge >= 0.3 is 5.97 Å². The van der Waals surface area contributed by atoms with Crippen LogP contribution in [-0.4, -0.2) is 30.2 Å². The Kier molecular flexibility index (Phi) is 3.69. The Morgan fingerprint density at radius 1 is 1.06 bits per heavy atom. The maximum absolute atomic E-state index is 13.4. The fourth-order valence-corrected chi connectivity index (χ4v) is 5.15. The van der Waals surface area contributed by atoms with E-state index in [-0.39, 0.29) is 18.1 Å². The molecular weight excluding hydrogens is 394 g/mol. The van der Waals surface area contributed by atoms with Gasteiger partial charge in [0.25, 0.3) is 0 Å².